The second kappa shape index (κ2) is 8.29. The van der Waals surface area contributed by atoms with E-state index in [0.29, 0.717) is 0 Å². The highest BCUT2D eigenvalue weighted by Gasteiger charge is 2.04. The summed E-state index contributed by atoms with van der Waals surface area (Å²) in [6, 6.07) is 15.7. The minimum atomic E-state index is 0.0895. The van der Waals surface area contributed by atoms with Crippen LogP contribution in [-0.2, 0) is 6.54 Å². The topological polar surface area (TPSA) is 39.7 Å². The van der Waals surface area contributed by atoms with Crippen molar-refractivity contribution in [2.45, 2.75) is 19.6 Å². The molecular formula is C18H23NO3. The van der Waals surface area contributed by atoms with Crippen molar-refractivity contribution in [3.05, 3.63) is 54.1 Å². The van der Waals surface area contributed by atoms with Crippen molar-refractivity contribution >= 4 is 0 Å². The number of ether oxygens (including phenoxy) is 3. The van der Waals surface area contributed by atoms with E-state index in [1.165, 1.54) is 5.56 Å². The first kappa shape index (κ1) is 16.2. The van der Waals surface area contributed by atoms with E-state index in [9.17, 15) is 0 Å². The summed E-state index contributed by atoms with van der Waals surface area (Å²) in [6.07, 6.45) is 0.0895. The van der Waals surface area contributed by atoms with Crippen molar-refractivity contribution in [1.29, 1.82) is 0 Å². The van der Waals surface area contributed by atoms with Crippen LogP contribution >= 0.6 is 0 Å². The van der Waals surface area contributed by atoms with Gasteiger partial charge in [0.1, 0.15) is 23.4 Å². The molecule has 0 heterocycles. The van der Waals surface area contributed by atoms with E-state index in [4.69, 9.17) is 14.2 Å². The number of nitrogens with one attached hydrogen (secondary N) is 1. The van der Waals surface area contributed by atoms with Crippen LogP contribution in [0.25, 0.3) is 0 Å². The molecule has 0 saturated carbocycles. The summed E-state index contributed by atoms with van der Waals surface area (Å²) in [5.74, 6) is 2.55. The van der Waals surface area contributed by atoms with Gasteiger partial charge in [-0.05, 0) is 48.9 Å². The second-order valence-electron chi connectivity index (χ2n) is 5.08. The van der Waals surface area contributed by atoms with E-state index in [-0.39, 0.29) is 6.10 Å². The number of hydrogen-bond donors (Lipinski definition) is 1. The molecule has 0 amide bonds. The molecule has 0 radical (unpaired) electrons. The van der Waals surface area contributed by atoms with Gasteiger partial charge in [0.15, 0.2) is 0 Å². The molecule has 0 aliphatic heterocycles. The molecule has 0 bridgehead atoms. The lowest BCUT2D eigenvalue weighted by Crippen LogP contribution is -2.28. The summed E-state index contributed by atoms with van der Waals surface area (Å²) in [5, 5.41) is 3.39. The van der Waals surface area contributed by atoms with Crippen LogP contribution in [0.5, 0.6) is 17.2 Å². The molecule has 4 heteroatoms. The van der Waals surface area contributed by atoms with Gasteiger partial charge in [0, 0.05) is 13.1 Å². The lowest BCUT2D eigenvalue weighted by Gasteiger charge is -2.16. The van der Waals surface area contributed by atoms with Crippen LogP contribution in [0.4, 0.5) is 0 Å². The normalized spacial score (nSPS) is 11.8. The van der Waals surface area contributed by atoms with Crippen molar-refractivity contribution in [2.24, 2.45) is 0 Å². The lowest BCUT2D eigenvalue weighted by atomic mass is 10.2. The molecule has 2 aromatic rings. The second-order valence-corrected chi connectivity index (χ2v) is 5.08. The Morgan fingerprint density at radius 2 is 1.32 bits per heavy atom. The predicted molar refractivity (Wildman–Crippen MR) is 87.8 cm³/mol. The number of rotatable bonds is 8. The van der Waals surface area contributed by atoms with E-state index in [2.05, 4.69) is 17.4 Å². The molecule has 0 aromatic heterocycles. The van der Waals surface area contributed by atoms with Gasteiger partial charge >= 0.3 is 0 Å². The SMILES string of the molecule is COc1ccc(CNCC(C)Oc2ccc(OC)cc2)cc1. The highest BCUT2D eigenvalue weighted by atomic mass is 16.5. The Bertz CT molecular complexity index is 552. The molecule has 118 valence electrons. The molecule has 4 nitrogen and oxygen atoms in total. The molecule has 1 N–H and O–H groups in total. The largest absolute Gasteiger partial charge is 0.497 e. The fourth-order valence-corrected chi connectivity index (χ4v) is 2.09. The van der Waals surface area contributed by atoms with Crippen LogP contribution in [0.3, 0.4) is 0 Å². The zero-order valence-corrected chi connectivity index (χ0v) is 13.3. The quantitative estimate of drug-likeness (QED) is 0.812. The fourth-order valence-electron chi connectivity index (χ4n) is 2.09. The highest BCUT2D eigenvalue weighted by molar-refractivity contribution is 5.31. The summed E-state index contributed by atoms with van der Waals surface area (Å²) >= 11 is 0. The maximum absolute atomic E-state index is 5.85. The van der Waals surface area contributed by atoms with E-state index < -0.39 is 0 Å². The third-order valence-corrected chi connectivity index (χ3v) is 3.32. The third kappa shape index (κ3) is 4.97. The molecule has 0 fully saturated rings. The summed E-state index contributed by atoms with van der Waals surface area (Å²) in [5.41, 5.74) is 1.22. The highest BCUT2D eigenvalue weighted by Crippen LogP contribution is 2.18. The van der Waals surface area contributed by atoms with Gasteiger partial charge in [-0.15, -0.1) is 0 Å². The van der Waals surface area contributed by atoms with Gasteiger partial charge in [0.25, 0.3) is 0 Å². The van der Waals surface area contributed by atoms with Crippen LogP contribution in [0.2, 0.25) is 0 Å². The minimum Gasteiger partial charge on any atom is -0.497 e. The first-order valence-electron chi connectivity index (χ1n) is 7.35. The Labute approximate surface area is 132 Å². The molecule has 2 aromatic carbocycles. The van der Waals surface area contributed by atoms with Gasteiger partial charge in [0.05, 0.1) is 14.2 Å². The molecule has 0 aliphatic rings. The van der Waals surface area contributed by atoms with Gasteiger partial charge in [-0.2, -0.15) is 0 Å². The number of hydrogen-bond acceptors (Lipinski definition) is 4. The van der Waals surface area contributed by atoms with Gasteiger partial charge in [-0.1, -0.05) is 12.1 Å². The summed E-state index contributed by atoms with van der Waals surface area (Å²) in [7, 11) is 3.33. The monoisotopic (exact) mass is 301 g/mol. The molecule has 1 atom stereocenters. The van der Waals surface area contributed by atoms with Gasteiger partial charge in [-0.25, -0.2) is 0 Å². The van der Waals surface area contributed by atoms with E-state index in [1.807, 2.05) is 43.3 Å². The average molecular weight is 301 g/mol. The first-order valence-corrected chi connectivity index (χ1v) is 7.35. The minimum absolute atomic E-state index is 0.0895. The predicted octanol–water partition coefficient (Wildman–Crippen LogP) is 3.26. The molecule has 22 heavy (non-hydrogen) atoms. The van der Waals surface area contributed by atoms with Crippen molar-refractivity contribution in [1.82, 2.24) is 5.32 Å². The molecule has 0 spiro atoms. The van der Waals surface area contributed by atoms with Crippen molar-refractivity contribution < 1.29 is 14.2 Å². The molecule has 0 aliphatic carbocycles. The Balaban J connectivity index is 1.73. The Morgan fingerprint density at radius 1 is 0.818 bits per heavy atom. The van der Waals surface area contributed by atoms with Crippen LogP contribution in [0.15, 0.2) is 48.5 Å². The van der Waals surface area contributed by atoms with Gasteiger partial charge in [0.2, 0.25) is 0 Å². The Morgan fingerprint density at radius 3 is 1.86 bits per heavy atom. The molecule has 1 unspecified atom stereocenters. The lowest BCUT2D eigenvalue weighted by molar-refractivity contribution is 0.216. The third-order valence-electron chi connectivity index (χ3n) is 3.32. The van der Waals surface area contributed by atoms with Crippen LogP contribution in [-0.4, -0.2) is 26.9 Å². The standard InChI is InChI=1S/C18H23NO3/c1-14(22-18-10-8-17(21-3)9-11-18)12-19-13-15-4-6-16(20-2)7-5-15/h4-11,14,19H,12-13H2,1-3H3. The average Bonchev–Trinajstić information content (AvgIpc) is 2.56. The van der Waals surface area contributed by atoms with E-state index in [1.54, 1.807) is 14.2 Å². The number of methoxy groups -OCH3 is 2. The maximum Gasteiger partial charge on any atom is 0.120 e. The summed E-state index contributed by atoms with van der Waals surface area (Å²) in [6.45, 7) is 3.63. The zero-order chi connectivity index (χ0) is 15.8. The van der Waals surface area contributed by atoms with Crippen LogP contribution in [0, 0.1) is 0 Å². The van der Waals surface area contributed by atoms with Crippen molar-refractivity contribution in [3.63, 3.8) is 0 Å². The van der Waals surface area contributed by atoms with E-state index in [0.717, 1.165) is 30.3 Å². The molecule has 0 saturated heterocycles. The van der Waals surface area contributed by atoms with Crippen molar-refractivity contribution in [3.8, 4) is 17.2 Å². The zero-order valence-electron chi connectivity index (χ0n) is 13.3. The van der Waals surface area contributed by atoms with Crippen LogP contribution < -0.4 is 19.5 Å². The van der Waals surface area contributed by atoms with E-state index >= 15 is 0 Å². The molecule has 2 rings (SSSR count). The van der Waals surface area contributed by atoms with Gasteiger partial charge in [-0.3, -0.25) is 0 Å². The smallest absolute Gasteiger partial charge is 0.120 e. The summed E-state index contributed by atoms with van der Waals surface area (Å²) in [4.78, 5) is 0. The maximum atomic E-state index is 5.85. The molecular weight excluding hydrogens is 278 g/mol. The Hall–Kier alpha value is -2.20. The van der Waals surface area contributed by atoms with Crippen LogP contribution in [0.1, 0.15) is 12.5 Å². The Kier molecular flexibility index (Phi) is 6.10. The van der Waals surface area contributed by atoms with Gasteiger partial charge < -0.3 is 19.5 Å². The number of benzene rings is 2. The fraction of sp³-hybridized carbons (Fsp3) is 0.333. The first-order chi connectivity index (χ1) is 10.7. The summed E-state index contributed by atoms with van der Waals surface area (Å²) < 4.78 is 16.1. The van der Waals surface area contributed by atoms with Crippen molar-refractivity contribution in [2.75, 3.05) is 20.8 Å².